The van der Waals surface area contributed by atoms with Gasteiger partial charge in [0.2, 0.25) is 0 Å². The van der Waals surface area contributed by atoms with Crippen LogP contribution in [0.25, 0.3) is 0 Å². The SMILES string of the molecule is N[C@@H](c1ccc(Cl)cc1)c1ccccn1. The van der Waals surface area contributed by atoms with Crippen LogP contribution < -0.4 is 5.73 Å². The van der Waals surface area contributed by atoms with E-state index in [0.29, 0.717) is 5.02 Å². The minimum atomic E-state index is -0.191. The molecule has 2 N–H and O–H groups in total. The van der Waals surface area contributed by atoms with E-state index in [0.717, 1.165) is 11.3 Å². The van der Waals surface area contributed by atoms with E-state index in [4.69, 9.17) is 17.3 Å². The van der Waals surface area contributed by atoms with Gasteiger partial charge in [0.15, 0.2) is 0 Å². The second kappa shape index (κ2) is 4.43. The van der Waals surface area contributed by atoms with Gasteiger partial charge in [0.25, 0.3) is 0 Å². The molecule has 0 aliphatic rings. The Bertz CT molecular complexity index is 425. The van der Waals surface area contributed by atoms with Crippen molar-refractivity contribution in [2.45, 2.75) is 6.04 Å². The Balaban J connectivity index is 2.29. The van der Waals surface area contributed by atoms with E-state index in [2.05, 4.69) is 4.98 Å². The van der Waals surface area contributed by atoms with Crippen molar-refractivity contribution in [3.05, 3.63) is 64.9 Å². The number of nitrogens with zero attached hydrogens (tertiary/aromatic N) is 1. The van der Waals surface area contributed by atoms with Crippen molar-refractivity contribution in [1.29, 1.82) is 0 Å². The predicted molar refractivity (Wildman–Crippen MR) is 61.7 cm³/mol. The van der Waals surface area contributed by atoms with Gasteiger partial charge < -0.3 is 5.73 Å². The van der Waals surface area contributed by atoms with Gasteiger partial charge in [-0.2, -0.15) is 0 Å². The van der Waals surface area contributed by atoms with Gasteiger partial charge in [-0.25, -0.2) is 0 Å². The first-order valence-corrected chi connectivity index (χ1v) is 5.07. The summed E-state index contributed by atoms with van der Waals surface area (Å²) < 4.78 is 0. The molecule has 1 heterocycles. The summed E-state index contributed by atoms with van der Waals surface area (Å²) in [7, 11) is 0. The Morgan fingerprint density at radius 2 is 1.80 bits per heavy atom. The minimum Gasteiger partial charge on any atom is -0.319 e. The van der Waals surface area contributed by atoms with Crippen LogP contribution in [-0.4, -0.2) is 4.98 Å². The Morgan fingerprint density at radius 3 is 2.40 bits per heavy atom. The van der Waals surface area contributed by atoms with E-state index < -0.39 is 0 Å². The highest BCUT2D eigenvalue weighted by molar-refractivity contribution is 6.30. The number of halogens is 1. The van der Waals surface area contributed by atoms with Gasteiger partial charge in [-0.15, -0.1) is 0 Å². The van der Waals surface area contributed by atoms with E-state index in [1.165, 1.54) is 0 Å². The maximum Gasteiger partial charge on any atom is 0.0726 e. The molecular formula is C12H11ClN2. The van der Waals surface area contributed by atoms with E-state index in [-0.39, 0.29) is 6.04 Å². The molecule has 0 spiro atoms. The lowest BCUT2D eigenvalue weighted by molar-refractivity contribution is 0.829. The van der Waals surface area contributed by atoms with E-state index in [9.17, 15) is 0 Å². The summed E-state index contributed by atoms with van der Waals surface area (Å²) in [5.41, 5.74) is 7.93. The number of rotatable bonds is 2. The molecule has 0 bridgehead atoms. The average Bonchev–Trinajstić information content (AvgIpc) is 2.30. The summed E-state index contributed by atoms with van der Waals surface area (Å²) in [5.74, 6) is 0. The highest BCUT2D eigenvalue weighted by atomic mass is 35.5. The lowest BCUT2D eigenvalue weighted by Crippen LogP contribution is -2.12. The topological polar surface area (TPSA) is 38.9 Å². The number of hydrogen-bond donors (Lipinski definition) is 1. The molecule has 0 amide bonds. The summed E-state index contributed by atoms with van der Waals surface area (Å²) in [5, 5.41) is 0.715. The molecule has 1 aromatic heterocycles. The molecule has 2 aromatic rings. The highest BCUT2D eigenvalue weighted by Gasteiger charge is 2.08. The van der Waals surface area contributed by atoms with Crippen LogP contribution in [0.5, 0.6) is 0 Å². The van der Waals surface area contributed by atoms with Crippen LogP contribution >= 0.6 is 11.6 Å². The van der Waals surface area contributed by atoms with Gasteiger partial charge in [-0.1, -0.05) is 29.8 Å². The fourth-order valence-electron chi connectivity index (χ4n) is 1.40. The summed E-state index contributed by atoms with van der Waals surface area (Å²) in [6.07, 6.45) is 1.74. The Hall–Kier alpha value is -1.38. The number of benzene rings is 1. The summed E-state index contributed by atoms with van der Waals surface area (Å²) >= 11 is 5.81. The van der Waals surface area contributed by atoms with E-state index in [1.54, 1.807) is 6.20 Å². The average molecular weight is 219 g/mol. The molecule has 0 unspecified atom stereocenters. The van der Waals surface area contributed by atoms with Gasteiger partial charge in [0.1, 0.15) is 0 Å². The molecule has 0 saturated heterocycles. The molecule has 1 atom stereocenters. The third kappa shape index (κ3) is 2.35. The molecule has 0 saturated carbocycles. The number of pyridine rings is 1. The highest BCUT2D eigenvalue weighted by Crippen LogP contribution is 2.19. The maximum atomic E-state index is 6.06. The van der Waals surface area contributed by atoms with Gasteiger partial charge in [-0.3, -0.25) is 4.98 Å². The van der Waals surface area contributed by atoms with E-state index >= 15 is 0 Å². The Labute approximate surface area is 93.7 Å². The van der Waals surface area contributed by atoms with Crippen LogP contribution in [-0.2, 0) is 0 Å². The van der Waals surface area contributed by atoms with Crippen molar-refractivity contribution >= 4 is 11.6 Å². The molecule has 2 nitrogen and oxygen atoms in total. The van der Waals surface area contributed by atoms with Gasteiger partial charge in [-0.05, 0) is 29.8 Å². The molecule has 2 rings (SSSR count). The number of nitrogens with two attached hydrogens (primary N) is 1. The molecular weight excluding hydrogens is 208 g/mol. The van der Waals surface area contributed by atoms with Crippen LogP contribution in [0, 0.1) is 0 Å². The second-order valence-corrected chi connectivity index (χ2v) is 3.72. The molecule has 76 valence electrons. The lowest BCUT2D eigenvalue weighted by Gasteiger charge is -2.10. The smallest absolute Gasteiger partial charge is 0.0726 e. The van der Waals surface area contributed by atoms with Crippen LogP contribution in [0.3, 0.4) is 0 Å². The first-order chi connectivity index (χ1) is 7.27. The summed E-state index contributed by atoms with van der Waals surface area (Å²) in [4.78, 5) is 4.22. The maximum absolute atomic E-state index is 6.06. The number of hydrogen-bond acceptors (Lipinski definition) is 2. The Morgan fingerprint density at radius 1 is 1.07 bits per heavy atom. The molecule has 15 heavy (non-hydrogen) atoms. The molecule has 0 aliphatic heterocycles. The fourth-order valence-corrected chi connectivity index (χ4v) is 1.53. The summed E-state index contributed by atoms with van der Waals surface area (Å²) in [6, 6.07) is 13.0. The van der Waals surface area contributed by atoms with Crippen LogP contribution in [0.1, 0.15) is 17.3 Å². The first-order valence-electron chi connectivity index (χ1n) is 4.69. The van der Waals surface area contributed by atoms with Crippen LogP contribution in [0.2, 0.25) is 5.02 Å². The number of aromatic nitrogens is 1. The van der Waals surface area contributed by atoms with Crippen molar-refractivity contribution in [3.8, 4) is 0 Å². The fraction of sp³-hybridized carbons (Fsp3) is 0.0833. The second-order valence-electron chi connectivity index (χ2n) is 3.28. The van der Waals surface area contributed by atoms with Gasteiger partial charge >= 0.3 is 0 Å². The standard InChI is InChI=1S/C12H11ClN2/c13-10-6-4-9(5-7-10)12(14)11-3-1-2-8-15-11/h1-8,12H,14H2/t12-/m0/s1. The largest absolute Gasteiger partial charge is 0.319 e. The molecule has 3 heteroatoms. The van der Waals surface area contributed by atoms with Crippen molar-refractivity contribution in [3.63, 3.8) is 0 Å². The Kier molecular flexibility index (Phi) is 2.99. The van der Waals surface area contributed by atoms with Crippen molar-refractivity contribution in [2.75, 3.05) is 0 Å². The van der Waals surface area contributed by atoms with Crippen molar-refractivity contribution in [1.82, 2.24) is 4.98 Å². The zero-order valence-electron chi connectivity index (χ0n) is 8.10. The summed E-state index contributed by atoms with van der Waals surface area (Å²) in [6.45, 7) is 0. The first kappa shape index (κ1) is 10.1. The quantitative estimate of drug-likeness (QED) is 0.842. The van der Waals surface area contributed by atoms with E-state index in [1.807, 2.05) is 42.5 Å². The molecule has 0 fully saturated rings. The normalized spacial score (nSPS) is 12.4. The lowest BCUT2D eigenvalue weighted by atomic mass is 10.0. The van der Waals surface area contributed by atoms with Gasteiger partial charge in [0, 0.05) is 11.2 Å². The van der Waals surface area contributed by atoms with Crippen LogP contribution in [0.4, 0.5) is 0 Å². The molecule has 0 radical (unpaired) electrons. The minimum absolute atomic E-state index is 0.191. The van der Waals surface area contributed by atoms with Crippen LogP contribution in [0.15, 0.2) is 48.7 Å². The van der Waals surface area contributed by atoms with Gasteiger partial charge in [0.05, 0.1) is 11.7 Å². The monoisotopic (exact) mass is 218 g/mol. The zero-order valence-corrected chi connectivity index (χ0v) is 8.85. The molecule has 1 aromatic carbocycles. The molecule has 0 aliphatic carbocycles. The third-order valence-corrected chi connectivity index (χ3v) is 2.49. The third-order valence-electron chi connectivity index (χ3n) is 2.24. The van der Waals surface area contributed by atoms with Crippen molar-refractivity contribution in [2.24, 2.45) is 5.73 Å². The zero-order chi connectivity index (χ0) is 10.7. The predicted octanol–water partition coefficient (Wildman–Crippen LogP) is 2.78. The van der Waals surface area contributed by atoms with Crippen molar-refractivity contribution < 1.29 is 0 Å².